The highest BCUT2D eigenvalue weighted by molar-refractivity contribution is 5.42. The summed E-state index contributed by atoms with van der Waals surface area (Å²) in [6.07, 6.45) is 1.59. The van der Waals surface area contributed by atoms with Crippen molar-refractivity contribution in [1.29, 1.82) is 0 Å². The Bertz CT molecular complexity index is 534. The quantitative estimate of drug-likeness (QED) is 0.855. The minimum atomic E-state index is 0.355. The number of rotatable bonds is 6. The van der Waals surface area contributed by atoms with Gasteiger partial charge < -0.3 is 19.0 Å². The number of furan rings is 1. The third kappa shape index (κ3) is 3.90. The van der Waals surface area contributed by atoms with E-state index >= 15 is 0 Å². The molecule has 0 unspecified atom stereocenters. The first-order valence-electron chi connectivity index (χ1n) is 7.21. The Morgan fingerprint density at radius 3 is 3.00 bits per heavy atom. The molecular weight excluding hydrogens is 272 g/mol. The fourth-order valence-electron chi connectivity index (χ4n) is 2.33. The highest BCUT2D eigenvalue weighted by atomic mass is 16.5. The molecule has 0 bridgehead atoms. The minimum Gasteiger partial charge on any atom is -0.459 e. The van der Waals surface area contributed by atoms with Crippen LogP contribution in [0.3, 0.4) is 0 Å². The normalized spacial score (nSPS) is 18.0. The van der Waals surface area contributed by atoms with Crippen LogP contribution in [-0.2, 0) is 11.3 Å². The third-order valence-corrected chi connectivity index (χ3v) is 3.44. The topological polar surface area (TPSA) is 76.6 Å². The van der Waals surface area contributed by atoms with E-state index in [1.165, 1.54) is 0 Å². The second-order valence-electron chi connectivity index (χ2n) is 5.19. The van der Waals surface area contributed by atoms with Gasteiger partial charge in [0.2, 0.25) is 0 Å². The maximum Gasteiger partial charge on any atom is 0.293 e. The SMILES string of the molecule is C[C@@H](CN1CCOCC1)NCc1noc(-c2ccco2)n1. The Hall–Kier alpha value is -1.70. The lowest BCUT2D eigenvalue weighted by Gasteiger charge is -2.29. The first kappa shape index (κ1) is 14.2. The molecule has 1 aliphatic rings. The summed E-state index contributed by atoms with van der Waals surface area (Å²) >= 11 is 0. The Kier molecular flexibility index (Phi) is 4.64. The first-order valence-corrected chi connectivity index (χ1v) is 7.21. The van der Waals surface area contributed by atoms with Crippen LogP contribution in [0.15, 0.2) is 27.3 Å². The molecule has 0 aromatic carbocycles. The van der Waals surface area contributed by atoms with E-state index in [9.17, 15) is 0 Å². The van der Waals surface area contributed by atoms with Crippen LogP contribution in [0.1, 0.15) is 12.7 Å². The number of hydrogen-bond acceptors (Lipinski definition) is 7. The molecule has 7 heteroatoms. The van der Waals surface area contributed by atoms with Crippen molar-refractivity contribution in [3.05, 3.63) is 24.2 Å². The van der Waals surface area contributed by atoms with E-state index in [4.69, 9.17) is 13.7 Å². The van der Waals surface area contributed by atoms with Crippen LogP contribution in [0.5, 0.6) is 0 Å². The van der Waals surface area contributed by atoms with Crippen LogP contribution < -0.4 is 5.32 Å². The Morgan fingerprint density at radius 1 is 1.38 bits per heavy atom. The molecule has 0 saturated carbocycles. The van der Waals surface area contributed by atoms with E-state index < -0.39 is 0 Å². The lowest BCUT2D eigenvalue weighted by Crippen LogP contribution is -2.44. The summed E-state index contributed by atoms with van der Waals surface area (Å²) in [5, 5.41) is 7.36. The van der Waals surface area contributed by atoms with Crippen molar-refractivity contribution in [1.82, 2.24) is 20.4 Å². The zero-order chi connectivity index (χ0) is 14.5. The Balaban J connectivity index is 1.46. The lowest BCUT2D eigenvalue weighted by atomic mass is 10.3. The van der Waals surface area contributed by atoms with Crippen LogP contribution in [0.2, 0.25) is 0 Å². The van der Waals surface area contributed by atoms with Gasteiger partial charge in [-0.05, 0) is 19.1 Å². The average Bonchev–Trinajstić information content (AvgIpc) is 3.17. The molecule has 3 heterocycles. The van der Waals surface area contributed by atoms with Crippen molar-refractivity contribution in [3.63, 3.8) is 0 Å². The summed E-state index contributed by atoms with van der Waals surface area (Å²) in [4.78, 5) is 6.70. The highest BCUT2D eigenvalue weighted by Gasteiger charge is 2.15. The standard InChI is InChI=1S/C14H20N4O3/c1-11(10-18-4-7-19-8-5-18)15-9-13-16-14(21-17-13)12-3-2-6-20-12/h2-3,6,11,15H,4-5,7-10H2,1H3/t11-/m0/s1. The maximum atomic E-state index is 5.35. The summed E-state index contributed by atoms with van der Waals surface area (Å²) in [6.45, 7) is 7.37. The fourth-order valence-corrected chi connectivity index (χ4v) is 2.33. The van der Waals surface area contributed by atoms with Gasteiger partial charge in [0.15, 0.2) is 11.6 Å². The summed E-state index contributed by atoms with van der Waals surface area (Å²) in [5.74, 6) is 1.64. The van der Waals surface area contributed by atoms with Crippen LogP contribution >= 0.6 is 0 Å². The van der Waals surface area contributed by atoms with Gasteiger partial charge >= 0.3 is 0 Å². The molecule has 2 aromatic rings. The van der Waals surface area contributed by atoms with E-state index in [2.05, 4.69) is 27.3 Å². The van der Waals surface area contributed by atoms with Gasteiger partial charge in [0.05, 0.1) is 26.0 Å². The Labute approximate surface area is 123 Å². The molecule has 3 rings (SSSR count). The number of nitrogens with zero attached hydrogens (tertiary/aromatic N) is 3. The van der Waals surface area contributed by atoms with E-state index in [-0.39, 0.29) is 0 Å². The molecule has 1 saturated heterocycles. The molecule has 0 amide bonds. The third-order valence-electron chi connectivity index (χ3n) is 3.44. The van der Waals surface area contributed by atoms with Crippen molar-refractivity contribution < 1.29 is 13.7 Å². The predicted octanol–water partition coefficient (Wildman–Crippen LogP) is 1.14. The maximum absolute atomic E-state index is 5.35. The van der Waals surface area contributed by atoms with Crippen LogP contribution in [0.4, 0.5) is 0 Å². The number of hydrogen-bond donors (Lipinski definition) is 1. The van der Waals surface area contributed by atoms with Gasteiger partial charge in [0, 0.05) is 25.7 Å². The molecule has 0 spiro atoms. The van der Waals surface area contributed by atoms with Gasteiger partial charge in [-0.2, -0.15) is 4.98 Å². The lowest BCUT2D eigenvalue weighted by molar-refractivity contribution is 0.0343. The fraction of sp³-hybridized carbons (Fsp3) is 0.571. The van der Waals surface area contributed by atoms with Crippen LogP contribution in [0, 0.1) is 0 Å². The Morgan fingerprint density at radius 2 is 2.24 bits per heavy atom. The molecule has 1 N–H and O–H groups in total. The molecule has 7 nitrogen and oxygen atoms in total. The zero-order valence-electron chi connectivity index (χ0n) is 12.1. The van der Waals surface area contributed by atoms with Crippen molar-refractivity contribution in [2.75, 3.05) is 32.8 Å². The van der Waals surface area contributed by atoms with Crippen LogP contribution in [-0.4, -0.2) is 53.9 Å². The molecule has 1 atom stereocenters. The number of morpholine rings is 1. The smallest absolute Gasteiger partial charge is 0.293 e. The van der Waals surface area contributed by atoms with Crippen LogP contribution in [0.25, 0.3) is 11.7 Å². The predicted molar refractivity (Wildman–Crippen MR) is 75.6 cm³/mol. The monoisotopic (exact) mass is 292 g/mol. The summed E-state index contributed by atoms with van der Waals surface area (Å²) in [7, 11) is 0. The van der Waals surface area contributed by atoms with E-state index in [1.54, 1.807) is 18.4 Å². The van der Waals surface area contributed by atoms with Crippen molar-refractivity contribution in [2.45, 2.75) is 19.5 Å². The van der Waals surface area contributed by atoms with Crippen molar-refractivity contribution in [2.24, 2.45) is 0 Å². The molecule has 0 radical (unpaired) electrons. The summed E-state index contributed by atoms with van der Waals surface area (Å²) in [6, 6.07) is 3.95. The van der Waals surface area contributed by atoms with E-state index in [1.807, 2.05) is 0 Å². The number of nitrogens with one attached hydrogen (secondary N) is 1. The summed E-state index contributed by atoms with van der Waals surface area (Å²) < 4.78 is 15.7. The van der Waals surface area contributed by atoms with E-state index in [0.29, 0.717) is 30.1 Å². The second kappa shape index (κ2) is 6.84. The zero-order valence-corrected chi connectivity index (χ0v) is 12.1. The second-order valence-corrected chi connectivity index (χ2v) is 5.19. The molecule has 1 aliphatic heterocycles. The molecule has 114 valence electrons. The van der Waals surface area contributed by atoms with Gasteiger partial charge in [-0.15, -0.1) is 0 Å². The highest BCUT2D eigenvalue weighted by Crippen LogP contribution is 2.16. The van der Waals surface area contributed by atoms with Crippen molar-refractivity contribution in [3.8, 4) is 11.7 Å². The van der Waals surface area contributed by atoms with Gasteiger partial charge in [-0.1, -0.05) is 5.16 Å². The molecule has 2 aromatic heterocycles. The van der Waals surface area contributed by atoms with Gasteiger partial charge in [0.1, 0.15) is 0 Å². The van der Waals surface area contributed by atoms with Gasteiger partial charge in [-0.3, -0.25) is 4.90 Å². The number of ether oxygens (including phenoxy) is 1. The minimum absolute atomic E-state index is 0.355. The first-order chi connectivity index (χ1) is 10.3. The summed E-state index contributed by atoms with van der Waals surface area (Å²) in [5.41, 5.74) is 0. The van der Waals surface area contributed by atoms with Gasteiger partial charge in [-0.25, -0.2) is 0 Å². The molecule has 21 heavy (non-hydrogen) atoms. The molecular formula is C14H20N4O3. The molecule has 1 fully saturated rings. The molecule has 0 aliphatic carbocycles. The van der Waals surface area contributed by atoms with E-state index in [0.717, 1.165) is 32.8 Å². The van der Waals surface area contributed by atoms with Gasteiger partial charge in [0.25, 0.3) is 5.89 Å². The average molecular weight is 292 g/mol. The van der Waals surface area contributed by atoms with Crippen molar-refractivity contribution >= 4 is 0 Å². The largest absolute Gasteiger partial charge is 0.459 e. The number of aromatic nitrogens is 2.